The number of aromatic nitrogens is 1. The summed E-state index contributed by atoms with van der Waals surface area (Å²) in [5, 5.41) is -0.528. The number of rotatable bonds is 4. The van der Waals surface area contributed by atoms with Gasteiger partial charge in [-0.15, -0.1) is 0 Å². The van der Waals surface area contributed by atoms with Gasteiger partial charge in [0.25, 0.3) is 10.0 Å². The Bertz CT molecular complexity index is 497. The largest absolute Gasteiger partial charge is 0.261 e. The second-order valence-electron chi connectivity index (χ2n) is 4.43. The fourth-order valence-corrected chi connectivity index (χ4v) is 2.50. The fraction of sp³-hybridized carbons (Fsp3) is 0.500. The lowest BCUT2D eigenvalue weighted by Gasteiger charge is -2.10. The Balaban J connectivity index is 2.16. The topological polar surface area (TPSA) is 59.1 Å². The molecule has 0 amide bonds. The van der Waals surface area contributed by atoms with Gasteiger partial charge in [-0.1, -0.05) is 6.92 Å². The van der Waals surface area contributed by atoms with E-state index >= 15 is 0 Å². The van der Waals surface area contributed by atoms with Gasteiger partial charge in [0, 0.05) is 12.7 Å². The van der Waals surface area contributed by atoms with E-state index in [2.05, 4.69) is 9.71 Å². The third-order valence-corrected chi connectivity index (χ3v) is 4.11. The second kappa shape index (κ2) is 3.78. The summed E-state index contributed by atoms with van der Waals surface area (Å²) in [5.74, 6) is -0.823. The van der Waals surface area contributed by atoms with Crippen molar-refractivity contribution in [2.75, 3.05) is 6.54 Å². The lowest BCUT2D eigenvalue weighted by Crippen LogP contribution is -2.30. The molecule has 1 saturated carbocycles. The maximum atomic E-state index is 13.2. The molecule has 1 fully saturated rings. The van der Waals surface area contributed by atoms with Crippen molar-refractivity contribution in [3.8, 4) is 0 Å². The predicted octanol–water partition coefficient (Wildman–Crippen LogP) is 1.30. The van der Waals surface area contributed by atoms with Crippen LogP contribution in [0.5, 0.6) is 0 Å². The third-order valence-electron chi connectivity index (χ3n) is 2.77. The van der Waals surface area contributed by atoms with E-state index in [1.165, 1.54) is 12.3 Å². The average Bonchev–Trinajstić information content (AvgIpc) is 2.95. The van der Waals surface area contributed by atoms with Crippen molar-refractivity contribution in [2.45, 2.75) is 24.8 Å². The summed E-state index contributed by atoms with van der Waals surface area (Å²) in [7, 11) is -3.82. The van der Waals surface area contributed by atoms with Crippen molar-refractivity contribution < 1.29 is 12.8 Å². The van der Waals surface area contributed by atoms with Gasteiger partial charge < -0.3 is 0 Å². The summed E-state index contributed by atoms with van der Waals surface area (Å²) in [6, 6.07) is 2.44. The molecule has 16 heavy (non-hydrogen) atoms. The number of halogens is 1. The molecule has 1 aromatic rings. The normalized spacial score (nSPS) is 18.4. The average molecular weight is 244 g/mol. The minimum Gasteiger partial charge on any atom is -0.241 e. The first-order valence-corrected chi connectivity index (χ1v) is 6.52. The fourth-order valence-electron chi connectivity index (χ4n) is 1.30. The van der Waals surface area contributed by atoms with Gasteiger partial charge in [-0.2, -0.15) is 0 Å². The molecular weight excluding hydrogens is 231 g/mol. The van der Waals surface area contributed by atoms with Gasteiger partial charge in [0.2, 0.25) is 5.03 Å². The molecule has 1 heterocycles. The van der Waals surface area contributed by atoms with Crippen LogP contribution >= 0.6 is 0 Å². The zero-order chi connectivity index (χ0) is 11.8. The van der Waals surface area contributed by atoms with Crippen LogP contribution < -0.4 is 4.72 Å². The lowest BCUT2D eigenvalue weighted by atomic mass is 10.2. The number of hydrogen-bond donors (Lipinski definition) is 1. The van der Waals surface area contributed by atoms with E-state index in [-0.39, 0.29) is 5.41 Å². The predicted molar refractivity (Wildman–Crippen MR) is 56.7 cm³/mol. The molecule has 0 aromatic carbocycles. The number of nitrogens with one attached hydrogen (secondary N) is 1. The molecule has 0 unspecified atom stereocenters. The van der Waals surface area contributed by atoms with Crippen molar-refractivity contribution in [3.63, 3.8) is 0 Å². The Kier molecular flexibility index (Phi) is 2.71. The molecule has 0 radical (unpaired) electrons. The van der Waals surface area contributed by atoms with E-state index in [1.807, 2.05) is 6.92 Å². The summed E-state index contributed by atoms with van der Waals surface area (Å²) in [6.45, 7) is 2.33. The highest BCUT2D eigenvalue weighted by molar-refractivity contribution is 7.89. The summed E-state index contributed by atoms with van der Waals surface area (Å²) >= 11 is 0. The van der Waals surface area contributed by atoms with Crippen LogP contribution in [0.3, 0.4) is 0 Å². The SMILES string of the molecule is CC1(CNS(=O)(=O)c2ncccc2F)CC1. The molecule has 6 heteroatoms. The smallest absolute Gasteiger partial charge is 0.241 e. The zero-order valence-corrected chi connectivity index (χ0v) is 9.72. The van der Waals surface area contributed by atoms with Crippen molar-refractivity contribution in [2.24, 2.45) is 5.41 Å². The Morgan fingerprint density at radius 1 is 1.56 bits per heavy atom. The third kappa shape index (κ3) is 2.38. The zero-order valence-electron chi connectivity index (χ0n) is 8.90. The molecule has 1 N–H and O–H groups in total. The van der Waals surface area contributed by atoms with E-state index in [0.717, 1.165) is 18.9 Å². The van der Waals surface area contributed by atoms with Gasteiger partial charge in [0.1, 0.15) is 0 Å². The van der Waals surface area contributed by atoms with Crippen LogP contribution in [0.4, 0.5) is 4.39 Å². The molecule has 2 rings (SSSR count). The van der Waals surface area contributed by atoms with Gasteiger partial charge in [-0.3, -0.25) is 0 Å². The maximum Gasteiger partial charge on any atom is 0.261 e. The molecule has 1 aliphatic rings. The highest BCUT2D eigenvalue weighted by atomic mass is 32.2. The minimum atomic E-state index is -3.82. The quantitative estimate of drug-likeness (QED) is 0.868. The van der Waals surface area contributed by atoms with Crippen LogP contribution in [-0.4, -0.2) is 19.9 Å². The van der Waals surface area contributed by atoms with E-state index in [1.54, 1.807) is 0 Å². The van der Waals surface area contributed by atoms with Crippen LogP contribution in [0.2, 0.25) is 0 Å². The van der Waals surface area contributed by atoms with Crippen LogP contribution in [-0.2, 0) is 10.0 Å². The highest BCUT2D eigenvalue weighted by Crippen LogP contribution is 2.44. The molecular formula is C10H13FN2O2S. The maximum absolute atomic E-state index is 13.2. The first-order valence-electron chi connectivity index (χ1n) is 5.03. The monoisotopic (exact) mass is 244 g/mol. The van der Waals surface area contributed by atoms with Crippen molar-refractivity contribution in [3.05, 3.63) is 24.1 Å². The Labute approximate surface area is 93.9 Å². The van der Waals surface area contributed by atoms with Crippen LogP contribution in [0.15, 0.2) is 23.4 Å². The van der Waals surface area contributed by atoms with Crippen molar-refractivity contribution in [1.82, 2.24) is 9.71 Å². The first-order chi connectivity index (χ1) is 7.43. The molecule has 0 bridgehead atoms. The number of hydrogen-bond acceptors (Lipinski definition) is 3. The molecule has 88 valence electrons. The molecule has 1 aromatic heterocycles. The number of nitrogens with zero attached hydrogens (tertiary/aromatic N) is 1. The van der Waals surface area contributed by atoms with Crippen LogP contribution in [0.1, 0.15) is 19.8 Å². The molecule has 0 saturated heterocycles. The second-order valence-corrected chi connectivity index (χ2v) is 6.11. The van der Waals surface area contributed by atoms with Gasteiger partial charge in [0.05, 0.1) is 0 Å². The lowest BCUT2D eigenvalue weighted by molar-refractivity contribution is 0.516. The first kappa shape index (κ1) is 11.5. The van der Waals surface area contributed by atoms with Gasteiger partial charge >= 0.3 is 0 Å². The molecule has 0 atom stereocenters. The van der Waals surface area contributed by atoms with Crippen molar-refractivity contribution >= 4 is 10.0 Å². The summed E-state index contributed by atoms with van der Waals surface area (Å²) in [4.78, 5) is 3.55. The molecule has 4 nitrogen and oxygen atoms in total. The molecule has 0 spiro atoms. The number of sulfonamides is 1. The van der Waals surface area contributed by atoms with Crippen molar-refractivity contribution in [1.29, 1.82) is 0 Å². The summed E-state index contributed by atoms with van der Waals surface area (Å²) in [6.07, 6.45) is 3.26. The van der Waals surface area contributed by atoms with Gasteiger partial charge in [0.15, 0.2) is 5.82 Å². The minimum absolute atomic E-state index is 0.0400. The van der Waals surface area contributed by atoms with E-state index in [9.17, 15) is 12.8 Å². The molecule has 1 aliphatic carbocycles. The van der Waals surface area contributed by atoms with E-state index in [4.69, 9.17) is 0 Å². The standard InChI is InChI=1S/C10H13FN2O2S/c1-10(4-5-10)7-13-16(14,15)9-8(11)3-2-6-12-9/h2-3,6,13H,4-5,7H2,1H3. The Hall–Kier alpha value is -1.01. The highest BCUT2D eigenvalue weighted by Gasteiger charge is 2.38. The molecule has 0 aliphatic heterocycles. The summed E-state index contributed by atoms with van der Waals surface area (Å²) in [5.41, 5.74) is 0.0400. The van der Waals surface area contributed by atoms with E-state index < -0.39 is 20.9 Å². The summed E-state index contributed by atoms with van der Waals surface area (Å²) < 4.78 is 39.1. The van der Waals surface area contributed by atoms with Crippen LogP contribution in [0, 0.1) is 11.2 Å². The van der Waals surface area contributed by atoms with Crippen LogP contribution in [0.25, 0.3) is 0 Å². The van der Waals surface area contributed by atoms with E-state index in [0.29, 0.717) is 6.54 Å². The Morgan fingerprint density at radius 2 is 2.25 bits per heavy atom. The Morgan fingerprint density at radius 3 is 2.81 bits per heavy atom. The number of pyridine rings is 1. The van der Waals surface area contributed by atoms with Gasteiger partial charge in [-0.05, 0) is 30.4 Å². The van der Waals surface area contributed by atoms with Gasteiger partial charge in [-0.25, -0.2) is 22.5 Å².